The number of ether oxygens (including phenoxy) is 2. The second-order valence-electron chi connectivity index (χ2n) is 13.4. The van der Waals surface area contributed by atoms with Crippen molar-refractivity contribution < 1.29 is 28.7 Å². The molecular weight excluding hydrogens is 629 g/mol. The standard InChI is InChI=1S/C29H54N4O6S4/c1-27(2,3)23(34)19(32-25(36)38-28(4,5)6)17-42-43-18-20(33-26(37)39-29(7,8)9)24(35)31-14-16-41-22-12-11-21(22)40-15-13-30-10/h19-22,30H,11-18H2,1-10H3,(H,31,35)(H,32,36)(H,33,37). The van der Waals surface area contributed by atoms with Gasteiger partial charge in [-0.1, -0.05) is 42.4 Å². The number of Topliss-reactive ketones (excluding diaryl/α,β-unsaturated/α-hetero) is 1. The van der Waals surface area contributed by atoms with Crippen molar-refractivity contribution >= 4 is 69.0 Å². The Morgan fingerprint density at radius 2 is 1.16 bits per heavy atom. The van der Waals surface area contributed by atoms with Crippen LogP contribution in [0.25, 0.3) is 0 Å². The molecule has 14 heteroatoms. The molecular formula is C29H54N4O6S4. The minimum absolute atomic E-state index is 0.126. The van der Waals surface area contributed by atoms with Gasteiger partial charge < -0.3 is 30.7 Å². The van der Waals surface area contributed by atoms with E-state index in [4.69, 9.17) is 9.47 Å². The van der Waals surface area contributed by atoms with Crippen LogP contribution in [0.2, 0.25) is 0 Å². The van der Waals surface area contributed by atoms with E-state index in [-0.39, 0.29) is 23.2 Å². The van der Waals surface area contributed by atoms with Gasteiger partial charge >= 0.3 is 12.2 Å². The Labute approximate surface area is 275 Å². The van der Waals surface area contributed by atoms with E-state index in [0.717, 1.165) is 18.1 Å². The van der Waals surface area contributed by atoms with Crippen LogP contribution in [0, 0.1) is 5.41 Å². The summed E-state index contributed by atoms with van der Waals surface area (Å²) in [7, 11) is 4.65. The van der Waals surface area contributed by atoms with Crippen molar-refractivity contribution in [3.05, 3.63) is 0 Å². The fourth-order valence-electron chi connectivity index (χ4n) is 3.66. The number of thioether (sulfide) groups is 2. The summed E-state index contributed by atoms with van der Waals surface area (Å²) in [6.07, 6.45) is 1.11. The highest BCUT2D eigenvalue weighted by Gasteiger charge is 2.33. The van der Waals surface area contributed by atoms with Gasteiger partial charge in [-0.3, -0.25) is 9.59 Å². The third-order valence-corrected chi connectivity index (χ3v) is 11.3. The average molecular weight is 683 g/mol. The fraction of sp³-hybridized carbons (Fsp3) is 0.862. The van der Waals surface area contributed by atoms with Crippen molar-refractivity contribution in [1.82, 2.24) is 21.3 Å². The van der Waals surface area contributed by atoms with Crippen molar-refractivity contribution in [3.8, 4) is 0 Å². The zero-order chi connectivity index (χ0) is 32.8. The zero-order valence-corrected chi connectivity index (χ0v) is 30.8. The molecule has 1 saturated carbocycles. The number of hydrogen-bond donors (Lipinski definition) is 4. The Morgan fingerprint density at radius 3 is 1.58 bits per heavy atom. The second-order valence-corrected chi connectivity index (χ2v) is 18.6. The van der Waals surface area contributed by atoms with E-state index < -0.39 is 40.9 Å². The molecule has 4 unspecified atom stereocenters. The summed E-state index contributed by atoms with van der Waals surface area (Å²) in [4.78, 5) is 51.1. The van der Waals surface area contributed by atoms with E-state index >= 15 is 0 Å². The Morgan fingerprint density at radius 1 is 0.721 bits per heavy atom. The van der Waals surface area contributed by atoms with Gasteiger partial charge in [0, 0.05) is 52.0 Å². The smallest absolute Gasteiger partial charge is 0.408 e. The Hall–Kier alpha value is -0.960. The quantitative estimate of drug-likeness (QED) is 0.121. The number of alkyl carbamates (subject to hydrolysis) is 2. The molecule has 0 saturated heterocycles. The van der Waals surface area contributed by atoms with Gasteiger partial charge in [0.15, 0.2) is 5.78 Å². The van der Waals surface area contributed by atoms with Gasteiger partial charge in [-0.2, -0.15) is 23.5 Å². The lowest BCUT2D eigenvalue weighted by molar-refractivity contribution is -0.128. The van der Waals surface area contributed by atoms with Crippen molar-refractivity contribution in [1.29, 1.82) is 0 Å². The van der Waals surface area contributed by atoms with Gasteiger partial charge in [0.25, 0.3) is 0 Å². The third kappa shape index (κ3) is 17.9. The maximum absolute atomic E-state index is 13.1. The summed E-state index contributed by atoms with van der Waals surface area (Å²) in [5, 5.41) is 12.8. The number of hydrogen-bond acceptors (Lipinski definition) is 11. The molecule has 0 aliphatic heterocycles. The molecule has 0 heterocycles. The predicted octanol–water partition coefficient (Wildman–Crippen LogP) is 5.10. The topological polar surface area (TPSA) is 135 Å². The SMILES string of the molecule is CNCCSC1CCC1SCCNC(=O)C(CSSCC(NC(=O)OC(C)(C)C)C(=O)C(C)(C)C)NC(=O)OC(C)(C)C. The minimum Gasteiger partial charge on any atom is -0.444 e. The van der Waals surface area contributed by atoms with Crippen LogP contribution in [-0.2, 0) is 19.1 Å². The Kier molecular flexibility index (Phi) is 17.6. The van der Waals surface area contributed by atoms with E-state index in [0.29, 0.717) is 17.0 Å². The molecule has 4 N–H and O–H groups in total. The molecule has 1 fully saturated rings. The molecule has 3 amide bonds. The first-order chi connectivity index (χ1) is 19.8. The molecule has 10 nitrogen and oxygen atoms in total. The number of amides is 3. The molecule has 0 aromatic carbocycles. The average Bonchev–Trinajstić information content (AvgIpc) is 2.83. The summed E-state index contributed by atoms with van der Waals surface area (Å²) in [5.41, 5.74) is -2.07. The van der Waals surface area contributed by atoms with Gasteiger partial charge in [0.2, 0.25) is 5.91 Å². The highest BCUT2D eigenvalue weighted by atomic mass is 33.1. The summed E-state index contributed by atoms with van der Waals surface area (Å²) < 4.78 is 10.7. The van der Waals surface area contributed by atoms with Crippen LogP contribution in [-0.4, -0.2) is 101 Å². The Balaban J connectivity index is 2.70. The first-order valence-corrected chi connectivity index (χ1v) is 19.3. The maximum atomic E-state index is 13.1. The molecule has 0 aromatic rings. The zero-order valence-electron chi connectivity index (χ0n) is 27.5. The maximum Gasteiger partial charge on any atom is 0.408 e. The van der Waals surface area contributed by atoms with E-state index in [9.17, 15) is 19.2 Å². The number of carbonyl (C=O) groups is 4. The molecule has 0 bridgehead atoms. The van der Waals surface area contributed by atoms with Crippen LogP contribution in [0.3, 0.4) is 0 Å². The summed E-state index contributed by atoms with van der Waals surface area (Å²) in [5.74, 6) is 2.00. The monoisotopic (exact) mass is 682 g/mol. The molecule has 1 rings (SSSR count). The molecule has 250 valence electrons. The second kappa shape index (κ2) is 18.9. The molecule has 43 heavy (non-hydrogen) atoms. The first-order valence-electron chi connectivity index (χ1n) is 14.8. The van der Waals surface area contributed by atoms with Crippen molar-refractivity contribution in [2.75, 3.05) is 43.1 Å². The Bertz CT molecular complexity index is 905. The first kappa shape index (κ1) is 40.1. The highest BCUT2D eigenvalue weighted by molar-refractivity contribution is 8.76. The van der Waals surface area contributed by atoms with Gasteiger partial charge in [-0.25, -0.2) is 9.59 Å². The largest absolute Gasteiger partial charge is 0.444 e. The van der Waals surface area contributed by atoms with E-state index in [1.165, 1.54) is 34.4 Å². The van der Waals surface area contributed by atoms with Crippen molar-refractivity contribution in [2.24, 2.45) is 5.41 Å². The number of nitrogens with one attached hydrogen (secondary N) is 4. The van der Waals surface area contributed by atoms with Gasteiger partial charge in [-0.05, 0) is 61.4 Å². The molecule has 0 spiro atoms. The van der Waals surface area contributed by atoms with Gasteiger partial charge in [-0.15, -0.1) is 0 Å². The minimum atomic E-state index is -0.832. The predicted molar refractivity (Wildman–Crippen MR) is 184 cm³/mol. The lowest BCUT2D eigenvalue weighted by atomic mass is 9.87. The van der Waals surface area contributed by atoms with E-state index in [1.54, 1.807) is 62.3 Å². The summed E-state index contributed by atoms with van der Waals surface area (Å²) >= 11 is 3.90. The van der Waals surface area contributed by atoms with Crippen LogP contribution in [0.4, 0.5) is 9.59 Å². The van der Waals surface area contributed by atoms with E-state index in [1.807, 2.05) is 30.6 Å². The molecule has 1 aliphatic carbocycles. The highest BCUT2D eigenvalue weighted by Crippen LogP contribution is 2.39. The fourth-order valence-corrected chi connectivity index (χ4v) is 8.91. The lowest BCUT2D eigenvalue weighted by Gasteiger charge is -2.35. The summed E-state index contributed by atoms with van der Waals surface area (Å²) in [6, 6.07) is -1.61. The molecule has 0 aromatic heterocycles. The normalized spacial score (nSPS) is 18.6. The van der Waals surface area contributed by atoms with Crippen LogP contribution in [0.1, 0.15) is 75.2 Å². The molecule has 4 atom stereocenters. The van der Waals surface area contributed by atoms with Gasteiger partial charge in [0.1, 0.15) is 23.3 Å². The van der Waals surface area contributed by atoms with Gasteiger partial charge in [0.05, 0.1) is 0 Å². The van der Waals surface area contributed by atoms with Crippen LogP contribution in [0.5, 0.6) is 0 Å². The molecule has 1 aliphatic rings. The lowest BCUT2D eigenvalue weighted by Crippen LogP contribution is -2.50. The van der Waals surface area contributed by atoms with Crippen molar-refractivity contribution in [2.45, 2.75) is 109 Å². The van der Waals surface area contributed by atoms with Crippen molar-refractivity contribution in [3.63, 3.8) is 0 Å². The summed E-state index contributed by atoms with van der Waals surface area (Å²) in [6.45, 7) is 17.5. The van der Waals surface area contributed by atoms with Crippen LogP contribution >= 0.6 is 45.1 Å². The molecule has 0 radical (unpaired) electrons. The number of carbonyl (C=O) groups excluding carboxylic acids is 4. The van der Waals surface area contributed by atoms with Crippen LogP contribution in [0.15, 0.2) is 0 Å². The third-order valence-electron chi connectivity index (χ3n) is 5.87. The number of rotatable bonds is 17. The number of ketones is 1. The van der Waals surface area contributed by atoms with E-state index in [2.05, 4.69) is 21.3 Å². The van der Waals surface area contributed by atoms with Crippen LogP contribution < -0.4 is 21.3 Å².